The molecule has 0 radical (unpaired) electrons. The summed E-state index contributed by atoms with van der Waals surface area (Å²) in [6.45, 7) is 3.52. The van der Waals surface area contributed by atoms with Gasteiger partial charge in [0, 0.05) is 5.39 Å². The fraction of sp³-hybridized carbons (Fsp3) is 0.357. The van der Waals surface area contributed by atoms with Crippen molar-refractivity contribution in [3.8, 4) is 0 Å². The van der Waals surface area contributed by atoms with Gasteiger partial charge < -0.3 is 9.52 Å². The second kappa shape index (κ2) is 5.28. The Labute approximate surface area is 117 Å². The van der Waals surface area contributed by atoms with Crippen molar-refractivity contribution in [3.05, 3.63) is 35.6 Å². The molecule has 1 unspecified atom stereocenters. The minimum absolute atomic E-state index is 0.0501. The zero-order valence-electron chi connectivity index (χ0n) is 11.3. The van der Waals surface area contributed by atoms with E-state index in [1.54, 1.807) is 25.1 Å². The van der Waals surface area contributed by atoms with Gasteiger partial charge in [0.1, 0.15) is 5.58 Å². The van der Waals surface area contributed by atoms with Crippen molar-refractivity contribution in [2.75, 3.05) is 0 Å². The maximum absolute atomic E-state index is 12.1. The lowest BCUT2D eigenvalue weighted by atomic mass is 10.2. The lowest BCUT2D eigenvalue weighted by molar-refractivity contribution is 0.0665. The average Bonchev–Trinajstić information content (AvgIpc) is 2.80. The molecule has 0 spiro atoms. The summed E-state index contributed by atoms with van der Waals surface area (Å²) in [6, 6.07) is 6.31. The van der Waals surface area contributed by atoms with Crippen LogP contribution in [0.1, 0.15) is 36.4 Å². The fourth-order valence-electron chi connectivity index (χ4n) is 1.92. The van der Waals surface area contributed by atoms with Gasteiger partial charge in [0.25, 0.3) is 0 Å². The third-order valence-corrected chi connectivity index (χ3v) is 5.64. The Morgan fingerprint density at radius 2 is 2.05 bits per heavy atom. The summed E-state index contributed by atoms with van der Waals surface area (Å²) in [6.07, 6.45) is 0.569. The van der Waals surface area contributed by atoms with Crippen molar-refractivity contribution in [1.29, 1.82) is 0 Å². The lowest BCUT2D eigenvalue weighted by Gasteiger charge is -2.10. The molecule has 108 valence electrons. The molecule has 0 fully saturated rings. The Hall–Kier alpha value is -1.82. The number of hydrogen-bond donors (Lipinski definition) is 1. The van der Waals surface area contributed by atoms with Crippen LogP contribution in [0.2, 0.25) is 0 Å². The summed E-state index contributed by atoms with van der Waals surface area (Å²) in [5.41, 5.74) is 1.07. The number of benzene rings is 1. The van der Waals surface area contributed by atoms with Gasteiger partial charge in [0.2, 0.25) is 5.76 Å². The highest BCUT2D eigenvalue weighted by Gasteiger charge is 2.20. The predicted molar refractivity (Wildman–Crippen MR) is 75.6 cm³/mol. The van der Waals surface area contributed by atoms with E-state index in [0.717, 1.165) is 0 Å². The Bertz CT molecular complexity index is 742. The standard InChI is InChI=1S/C14H16O5S/c1-3-9(2)20(17,18)8-10-4-5-12-11(6-10)7-13(19-12)14(15)16/h4-7,9H,3,8H2,1-2H3,(H,15,16). The van der Waals surface area contributed by atoms with E-state index in [9.17, 15) is 13.2 Å². The van der Waals surface area contributed by atoms with Gasteiger partial charge in [0.05, 0.1) is 11.0 Å². The van der Waals surface area contributed by atoms with E-state index in [1.807, 2.05) is 6.92 Å². The summed E-state index contributed by atoms with van der Waals surface area (Å²) in [4.78, 5) is 10.8. The molecule has 6 heteroatoms. The van der Waals surface area contributed by atoms with Crippen LogP contribution in [0.3, 0.4) is 0 Å². The molecule has 2 rings (SSSR count). The van der Waals surface area contributed by atoms with E-state index in [4.69, 9.17) is 9.52 Å². The van der Waals surface area contributed by atoms with Crippen LogP contribution in [0.4, 0.5) is 0 Å². The van der Waals surface area contributed by atoms with Gasteiger partial charge in [-0.05, 0) is 37.1 Å². The molecule has 0 amide bonds. The van der Waals surface area contributed by atoms with Gasteiger partial charge in [0.15, 0.2) is 9.84 Å². The Morgan fingerprint density at radius 3 is 2.65 bits per heavy atom. The summed E-state index contributed by atoms with van der Waals surface area (Å²) in [5, 5.41) is 9.06. The number of hydrogen-bond acceptors (Lipinski definition) is 4. The van der Waals surface area contributed by atoms with Crippen molar-refractivity contribution in [2.24, 2.45) is 0 Å². The first-order valence-corrected chi connectivity index (χ1v) is 8.02. The van der Waals surface area contributed by atoms with E-state index in [0.29, 0.717) is 23.0 Å². The monoisotopic (exact) mass is 296 g/mol. The first-order chi connectivity index (χ1) is 9.33. The molecule has 20 heavy (non-hydrogen) atoms. The van der Waals surface area contributed by atoms with Crippen LogP contribution >= 0.6 is 0 Å². The maximum Gasteiger partial charge on any atom is 0.371 e. The molecule has 0 bridgehead atoms. The number of aromatic carboxylic acids is 1. The summed E-state index contributed by atoms with van der Waals surface area (Å²) in [7, 11) is -3.19. The van der Waals surface area contributed by atoms with Crippen molar-refractivity contribution in [3.63, 3.8) is 0 Å². The van der Waals surface area contributed by atoms with Crippen molar-refractivity contribution >= 4 is 26.8 Å². The largest absolute Gasteiger partial charge is 0.475 e. The minimum atomic E-state index is -3.19. The number of carboxylic acid groups (broad SMARTS) is 1. The Kier molecular flexibility index (Phi) is 3.85. The zero-order valence-corrected chi connectivity index (χ0v) is 12.1. The van der Waals surface area contributed by atoms with Crippen LogP contribution < -0.4 is 0 Å². The molecule has 0 aliphatic carbocycles. The number of sulfone groups is 1. The van der Waals surface area contributed by atoms with Crippen LogP contribution in [0, 0.1) is 0 Å². The van der Waals surface area contributed by atoms with Gasteiger partial charge in [-0.25, -0.2) is 13.2 Å². The first-order valence-electron chi connectivity index (χ1n) is 6.31. The summed E-state index contributed by atoms with van der Waals surface area (Å²) >= 11 is 0. The number of carbonyl (C=O) groups is 1. The number of furan rings is 1. The SMILES string of the molecule is CCC(C)S(=O)(=O)Cc1ccc2oc(C(=O)O)cc2c1. The quantitative estimate of drug-likeness (QED) is 0.917. The molecule has 1 atom stereocenters. The fourth-order valence-corrected chi connectivity index (χ4v) is 3.35. The molecular formula is C14H16O5S. The van der Waals surface area contributed by atoms with Gasteiger partial charge >= 0.3 is 5.97 Å². The summed E-state index contributed by atoms with van der Waals surface area (Å²) in [5.74, 6) is -1.34. The van der Waals surface area contributed by atoms with Gasteiger partial charge in [-0.3, -0.25) is 0 Å². The molecule has 0 aliphatic heterocycles. The molecule has 0 saturated heterocycles. The molecule has 2 aromatic rings. The second-order valence-corrected chi connectivity index (χ2v) is 7.23. The highest BCUT2D eigenvalue weighted by molar-refractivity contribution is 7.91. The number of rotatable bonds is 5. The molecule has 0 saturated carbocycles. The molecular weight excluding hydrogens is 280 g/mol. The molecule has 1 aromatic heterocycles. The van der Waals surface area contributed by atoms with Crippen LogP contribution in [0.5, 0.6) is 0 Å². The third kappa shape index (κ3) is 2.85. The summed E-state index contributed by atoms with van der Waals surface area (Å²) < 4.78 is 29.3. The van der Waals surface area contributed by atoms with Crippen molar-refractivity contribution in [2.45, 2.75) is 31.3 Å². The molecule has 1 aromatic carbocycles. The highest BCUT2D eigenvalue weighted by Crippen LogP contribution is 2.23. The smallest absolute Gasteiger partial charge is 0.371 e. The van der Waals surface area contributed by atoms with Crippen molar-refractivity contribution < 1.29 is 22.7 Å². The second-order valence-electron chi connectivity index (χ2n) is 4.81. The maximum atomic E-state index is 12.1. The van der Waals surface area contributed by atoms with Crippen LogP contribution in [0.15, 0.2) is 28.7 Å². The van der Waals surface area contributed by atoms with E-state index in [1.165, 1.54) is 6.07 Å². The molecule has 0 aliphatic rings. The minimum Gasteiger partial charge on any atom is -0.475 e. The molecule has 1 heterocycles. The Morgan fingerprint density at radius 1 is 1.35 bits per heavy atom. The van der Waals surface area contributed by atoms with E-state index in [2.05, 4.69) is 0 Å². The molecule has 1 N–H and O–H groups in total. The van der Waals surface area contributed by atoms with Crippen molar-refractivity contribution in [1.82, 2.24) is 0 Å². The highest BCUT2D eigenvalue weighted by atomic mass is 32.2. The average molecular weight is 296 g/mol. The van der Waals surface area contributed by atoms with E-state index < -0.39 is 21.1 Å². The number of fused-ring (bicyclic) bond motifs is 1. The Balaban J connectivity index is 2.35. The first kappa shape index (κ1) is 14.6. The van der Waals surface area contributed by atoms with E-state index >= 15 is 0 Å². The van der Waals surface area contributed by atoms with Crippen LogP contribution in [-0.2, 0) is 15.6 Å². The van der Waals surface area contributed by atoms with Gasteiger partial charge in [-0.1, -0.05) is 13.0 Å². The topological polar surface area (TPSA) is 84.6 Å². The third-order valence-electron chi connectivity index (χ3n) is 3.35. The van der Waals surface area contributed by atoms with Crippen LogP contribution in [-0.4, -0.2) is 24.7 Å². The lowest BCUT2D eigenvalue weighted by Crippen LogP contribution is -2.18. The molecule has 5 nitrogen and oxygen atoms in total. The predicted octanol–water partition coefficient (Wildman–Crippen LogP) is 2.84. The van der Waals surface area contributed by atoms with Gasteiger partial charge in [-0.2, -0.15) is 0 Å². The van der Waals surface area contributed by atoms with Gasteiger partial charge in [-0.15, -0.1) is 0 Å². The number of carboxylic acids is 1. The zero-order chi connectivity index (χ0) is 14.9. The normalized spacial score (nSPS) is 13.5. The van der Waals surface area contributed by atoms with E-state index in [-0.39, 0.29) is 11.5 Å². The van der Waals surface area contributed by atoms with Crippen LogP contribution in [0.25, 0.3) is 11.0 Å².